The molecule has 10 nitrogen and oxygen atoms in total. The molecule has 1 aliphatic rings. The van der Waals surface area contributed by atoms with E-state index in [-0.39, 0.29) is 18.6 Å². The van der Waals surface area contributed by atoms with Gasteiger partial charge in [0.25, 0.3) is 5.19 Å². The molecular weight excluding hydrogens is 478 g/mol. The number of benzene rings is 1. The van der Waals surface area contributed by atoms with Gasteiger partial charge in [-0.3, -0.25) is 4.79 Å². The molecule has 36 heavy (non-hydrogen) atoms. The predicted molar refractivity (Wildman–Crippen MR) is 136 cm³/mol. The zero-order chi connectivity index (χ0) is 24.9. The van der Waals surface area contributed by atoms with Crippen LogP contribution in [0.4, 0.5) is 5.82 Å². The van der Waals surface area contributed by atoms with E-state index in [0.29, 0.717) is 52.3 Å². The number of likely N-dealkylation sites (tertiary alicyclic amines) is 1. The Kier molecular flexibility index (Phi) is 6.77. The zero-order valence-electron chi connectivity index (χ0n) is 19.3. The monoisotopic (exact) mass is 501 g/mol. The Labute approximate surface area is 211 Å². The Morgan fingerprint density at radius 2 is 2.19 bits per heavy atom. The molecule has 1 atom stereocenters. The molecule has 0 bridgehead atoms. The topological polar surface area (TPSA) is 121 Å². The van der Waals surface area contributed by atoms with Gasteiger partial charge in [0.05, 0.1) is 11.4 Å². The summed E-state index contributed by atoms with van der Waals surface area (Å²) in [6.07, 6.45) is 6.14. The summed E-state index contributed by atoms with van der Waals surface area (Å²) in [6, 6.07) is 7.22. The van der Waals surface area contributed by atoms with Crippen LogP contribution in [0, 0.1) is 11.8 Å². The maximum absolute atomic E-state index is 12.1. The summed E-state index contributed by atoms with van der Waals surface area (Å²) < 4.78 is 13.3. The van der Waals surface area contributed by atoms with Gasteiger partial charge in [-0.15, -0.1) is 0 Å². The van der Waals surface area contributed by atoms with Crippen LogP contribution in [0.2, 0.25) is 0 Å². The summed E-state index contributed by atoms with van der Waals surface area (Å²) >= 11 is 1.41. The van der Waals surface area contributed by atoms with E-state index in [1.165, 1.54) is 23.7 Å². The minimum absolute atomic E-state index is 0.0492. The second-order valence-electron chi connectivity index (χ2n) is 8.00. The SMILES string of the molecule is C=CC(=O)N1CCC[C@@H](n2nc(C#CCOc3cccc(Oc4nccs4)c3)c3c(N)ncnc32)C1. The second-order valence-corrected chi connectivity index (χ2v) is 8.86. The molecule has 4 heterocycles. The van der Waals surface area contributed by atoms with Crippen LogP contribution in [0.1, 0.15) is 24.6 Å². The highest BCUT2D eigenvalue weighted by Crippen LogP contribution is 2.29. The molecule has 1 saturated heterocycles. The molecule has 0 radical (unpaired) electrons. The fourth-order valence-corrected chi connectivity index (χ4v) is 4.55. The minimum atomic E-state index is -0.0939. The zero-order valence-corrected chi connectivity index (χ0v) is 20.1. The van der Waals surface area contributed by atoms with Crippen LogP contribution in [0.5, 0.6) is 16.7 Å². The molecule has 4 aromatic rings. The third kappa shape index (κ3) is 4.99. The first-order chi connectivity index (χ1) is 17.6. The van der Waals surface area contributed by atoms with Crippen LogP contribution in [0.15, 0.2) is 54.8 Å². The lowest BCUT2D eigenvalue weighted by molar-refractivity contribution is -0.127. The van der Waals surface area contributed by atoms with E-state index < -0.39 is 0 Å². The van der Waals surface area contributed by atoms with Crippen molar-refractivity contribution >= 4 is 34.1 Å². The van der Waals surface area contributed by atoms with Gasteiger partial charge in [0, 0.05) is 30.7 Å². The van der Waals surface area contributed by atoms with E-state index in [1.807, 2.05) is 23.6 Å². The number of rotatable bonds is 6. The summed E-state index contributed by atoms with van der Waals surface area (Å²) in [5, 5.41) is 7.71. The van der Waals surface area contributed by atoms with Crippen molar-refractivity contribution in [2.24, 2.45) is 0 Å². The maximum atomic E-state index is 12.1. The Hall–Kier alpha value is -4.43. The molecule has 0 spiro atoms. The average Bonchev–Trinajstić information content (AvgIpc) is 3.55. The van der Waals surface area contributed by atoms with Gasteiger partial charge in [-0.2, -0.15) is 5.10 Å². The van der Waals surface area contributed by atoms with E-state index >= 15 is 0 Å². The maximum Gasteiger partial charge on any atom is 0.278 e. The van der Waals surface area contributed by atoms with Crippen LogP contribution in [-0.4, -0.2) is 55.2 Å². The molecule has 0 saturated carbocycles. The highest BCUT2D eigenvalue weighted by molar-refractivity contribution is 7.11. The van der Waals surface area contributed by atoms with Crippen molar-refractivity contribution in [3.63, 3.8) is 0 Å². The molecule has 1 aromatic carbocycles. The van der Waals surface area contributed by atoms with Crippen molar-refractivity contribution in [1.82, 2.24) is 29.6 Å². The van der Waals surface area contributed by atoms with Crippen molar-refractivity contribution in [2.75, 3.05) is 25.4 Å². The third-order valence-corrected chi connectivity index (χ3v) is 6.33. The lowest BCUT2D eigenvalue weighted by Crippen LogP contribution is -2.40. The van der Waals surface area contributed by atoms with Gasteiger partial charge < -0.3 is 20.1 Å². The lowest BCUT2D eigenvalue weighted by Gasteiger charge is -2.32. The largest absolute Gasteiger partial charge is 0.481 e. The van der Waals surface area contributed by atoms with E-state index in [0.717, 1.165) is 12.8 Å². The number of thiazole rings is 1. The van der Waals surface area contributed by atoms with Gasteiger partial charge in [0.1, 0.15) is 35.9 Å². The number of fused-ring (bicyclic) bond motifs is 1. The molecule has 11 heteroatoms. The summed E-state index contributed by atoms with van der Waals surface area (Å²) in [5.41, 5.74) is 7.23. The van der Waals surface area contributed by atoms with Gasteiger partial charge in [0.15, 0.2) is 5.65 Å². The Balaban J connectivity index is 1.33. The number of amides is 1. The number of anilines is 1. The molecule has 3 aromatic heterocycles. The highest BCUT2D eigenvalue weighted by Gasteiger charge is 2.27. The molecule has 2 N–H and O–H groups in total. The first-order valence-electron chi connectivity index (χ1n) is 11.3. The molecule has 1 amide bonds. The number of piperidine rings is 1. The number of nitrogens with two attached hydrogens (primary N) is 1. The number of carbonyl (C=O) groups is 1. The highest BCUT2D eigenvalue weighted by atomic mass is 32.1. The van der Waals surface area contributed by atoms with Gasteiger partial charge in [-0.05, 0) is 37.0 Å². The van der Waals surface area contributed by atoms with Crippen molar-refractivity contribution in [2.45, 2.75) is 18.9 Å². The van der Waals surface area contributed by atoms with Crippen molar-refractivity contribution < 1.29 is 14.3 Å². The first-order valence-corrected chi connectivity index (χ1v) is 12.2. The van der Waals surface area contributed by atoms with E-state index in [9.17, 15) is 4.79 Å². The third-order valence-electron chi connectivity index (χ3n) is 5.68. The predicted octanol–water partition coefficient (Wildman–Crippen LogP) is 3.44. The molecular formula is C25H23N7O3S. The van der Waals surface area contributed by atoms with Crippen molar-refractivity contribution in [3.8, 4) is 28.5 Å². The summed E-state index contributed by atoms with van der Waals surface area (Å²) in [6.45, 7) is 4.93. The van der Waals surface area contributed by atoms with Crippen LogP contribution >= 0.6 is 11.3 Å². The van der Waals surface area contributed by atoms with Gasteiger partial charge in [-0.1, -0.05) is 29.9 Å². The number of ether oxygens (including phenoxy) is 2. The first kappa shape index (κ1) is 23.3. The van der Waals surface area contributed by atoms with Crippen LogP contribution < -0.4 is 15.2 Å². The molecule has 0 aliphatic carbocycles. The Morgan fingerprint density at radius 3 is 3.03 bits per heavy atom. The second kappa shape index (κ2) is 10.5. The quantitative estimate of drug-likeness (QED) is 0.315. The van der Waals surface area contributed by atoms with E-state index in [1.54, 1.807) is 21.8 Å². The number of nitrogen functional groups attached to an aromatic ring is 1. The molecule has 5 rings (SSSR count). The van der Waals surface area contributed by atoms with Crippen molar-refractivity contribution in [1.29, 1.82) is 0 Å². The normalized spacial score (nSPS) is 15.2. The fourth-order valence-electron chi connectivity index (χ4n) is 4.05. The number of carbonyl (C=O) groups excluding carboxylic acids is 1. The van der Waals surface area contributed by atoms with Crippen molar-refractivity contribution in [3.05, 3.63) is 60.5 Å². The molecule has 1 aliphatic heterocycles. The minimum Gasteiger partial charge on any atom is -0.481 e. The summed E-state index contributed by atoms with van der Waals surface area (Å²) in [7, 11) is 0. The van der Waals surface area contributed by atoms with Crippen LogP contribution in [0.25, 0.3) is 11.0 Å². The number of hydrogen-bond donors (Lipinski definition) is 1. The molecule has 1 fully saturated rings. The Morgan fingerprint density at radius 1 is 1.31 bits per heavy atom. The molecule has 182 valence electrons. The van der Waals surface area contributed by atoms with Crippen LogP contribution in [0.3, 0.4) is 0 Å². The van der Waals surface area contributed by atoms with Crippen LogP contribution in [-0.2, 0) is 4.79 Å². The summed E-state index contributed by atoms with van der Waals surface area (Å²) in [4.78, 5) is 26.6. The van der Waals surface area contributed by atoms with E-state index in [2.05, 4.69) is 33.4 Å². The standard InChI is InChI=1S/C25H23N7O3S/c1-2-21(33)31-11-4-6-17(15-31)32-24-22(23(26)28-16-29-24)20(30-32)9-5-12-34-18-7-3-8-19(14-18)35-25-27-10-13-36-25/h2-3,7-8,10,13-14,16-17H,1,4,6,11-12,15H2,(H2,26,28,29)/t17-/m1/s1. The van der Waals surface area contributed by atoms with Gasteiger partial charge in [0.2, 0.25) is 5.91 Å². The Bertz CT molecular complexity index is 1460. The van der Waals surface area contributed by atoms with Gasteiger partial charge >= 0.3 is 0 Å². The average molecular weight is 502 g/mol. The lowest BCUT2D eigenvalue weighted by atomic mass is 10.1. The number of nitrogens with zero attached hydrogens (tertiary/aromatic N) is 6. The smallest absolute Gasteiger partial charge is 0.278 e. The fraction of sp³-hybridized carbons (Fsp3) is 0.240. The molecule has 0 unspecified atom stereocenters. The summed E-state index contributed by atoms with van der Waals surface area (Å²) in [5.74, 6) is 7.50. The van der Waals surface area contributed by atoms with E-state index in [4.69, 9.17) is 20.3 Å². The number of aromatic nitrogens is 5. The van der Waals surface area contributed by atoms with Gasteiger partial charge in [-0.25, -0.2) is 19.6 Å². The number of hydrogen-bond acceptors (Lipinski definition) is 9.